The van der Waals surface area contributed by atoms with E-state index >= 15 is 0 Å². The lowest BCUT2D eigenvalue weighted by atomic mass is 9.43. The van der Waals surface area contributed by atoms with E-state index in [0.717, 1.165) is 56.9 Å². The Morgan fingerprint density at radius 1 is 1.04 bits per heavy atom. The molecular weight excluding hydrogens is 340 g/mol. The molecule has 2 N–H and O–H groups in total. The number of ether oxygens (including phenoxy) is 1. The van der Waals surface area contributed by atoms with Crippen molar-refractivity contribution in [3.05, 3.63) is 11.6 Å². The first kappa shape index (κ1) is 18.2. The van der Waals surface area contributed by atoms with Crippen molar-refractivity contribution in [1.82, 2.24) is 0 Å². The second-order valence-corrected chi connectivity index (χ2v) is 10.7. The number of fused-ring (bicyclic) bond motifs is 5. The second kappa shape index (κ2) is 5.82. The molecular formula is C23H34O4. The van der Waals surface area contributed by atoms with Crippen molar-refractivity contribution in [2.24, 2.45) is 34.5 Å². The lowest BCUT2D eigenvalue weighted by Gasteiger charge is -2.63. The zero-order valence-corrected chi connectivity index (χ0v) is 16.7. The highest BCUT2D eigenvalue weighted by Gasteiger charge is 2.67. The van der Waals surface area contributed by atoms with Gasteiger partial charge in [-0.1, -0.05) is 13.8 Å². The van der Waals surface area contributed by atoms with Gasteiger partial charge in [-0.25, -0.2) is 4.79 Å². The SMILES string of the molecule is C[C@]12CC[C@H](O)CC1CCC1C2CC[C@]2(C)C(C3=CC(=O)OC3)CC[C@@]12O. The Labute approximate surface area is 162 Å². The van der Waals surface area contributed by atoms with Gasteiger partial charge in [0.15, 0.2) is 0 Å². The predicted molar refractivity (Wildman–Crippen MR) is 102 cm³/mol. The third-order valence-corrected chi connectivity index (χ3v) is 9.96. The van der Waals surface area contributed by atoms with Crippen LogP contribution >= 0.6 is 0 Å². The van der Waals surface area contributed by atoms with Crippen molar-refractivity contribution >= 4 is 5.97 Å². The lowest BCUT2D eigenvalue weighted by Crippen LogP contribution is -2.62. The summed E-state index contributed by atoms with van der Waals surface area (Å²) >= 11 is 0. The maximum Gasteiger partial charge on any atom is 0.331 e. The van der Waals surface area contributed by atoms with Crippen molar-refractivity contribution < 1.29 is 19.7 Å². The van der Waals surface area contributed by atoms with Crippen LogP contribution in [0.2, 0.25) is 0 Å². The molecule has 27 heavy (non-hydrogen) atoms. The minimum Gasteiger partial charge on any atom is -0.458 e. The van der Waals surface area contributed by atoms with Crippen LogP contribution in [-0.4, -0.2) is 34.5 Å². The van der Waals surface area contributed by atoms with Gasteiger partial charge in [-0.05, 0) is 92.4 Å². The molecule has 0 amide bonds. The molecule has 8 atom stereocenters. The standard InChI is InChI=1S/C23H34O4/c1-21-8-5-16(24)12-15(21)3-4-19-18(21)6-9-22(2)17(7-10-23(19,22)26)14-11-20(25)27-13-14/h11,15-19,24,26H,3-10,12-13H2,1-2H3/t15?,16-,17?,18?,19?,21-,22+,23+/m0/s1. The minimum atomic E-state index is -0.628. The summed E-state index contributed by atoms with van der Waals surface area (Å²) in [5.74, 6) is 1.59. The first-order valence-electron chi connectivity index (χ1n) is 11.1. The number of hydrogen-bond donors (Lipinski definition) is 2. The van der Waals surface area contributed by atoms with Crippen LogP contribution in [0.25, 0.3) is 0 Å². The minimum absolute atomic E-state index is 0.126. The van der Waals surface area contributed by atoms with Gasteiger partial charge in [0, 0.05) is 11.5 Å². The largest absolute Gasteiger partial charge is 0.458 e. The van der Waals surface area contributed by atoms with E-state index in [4.69, 9.17) is 4.74 Å². The van der Waals surface area contributed by atoms with Crippen molar-refractivity contribution in [2.45, 2.75) is 83.3 Å². The van der Waals surface area contributed by atoms with E-state index in [9.17, 15) is 15.0 Å². The van der Waals surface area contributed by atoms with Gasteiger partial charge >= 0.3 is 5.97 Å². The third kappa shape index (κ3) is 2.32. The number of hydrogen-bond acceptors (Lipinski definition) is 4. The van der Waals surface area contributed by atoms with Gasteiger partial charge in [-0.3, -0.25) is 0 Å². The van der Waals surface area contributed by atoms with Crippen molar-refractivity contribution in [2.75, 3.05) is 6.61 Å². The molecule has 4 heteroatoms. The van der Waals surface area contributed by atoms with Crippen molar-refractivity contribution in [3.8, 4) is 0 Å². The molecule has 4 unspecified atom stereocenters. The average molecular weight is 375 g/mol. The number of aliphatic hydroxyl groups is 2. The Morgan fingerprint density at radius 2 is 1.85 bits per heavy atom. The zero-order valence-electron chi connectivity index (χ0n) is 16.7. The molecule has 1 aliphatic heterocycles. The number of esters is 1. The summed E-state index contributed by atoms with van der Waals surface area (Å²) in [7, 11) is 0. The molecule has 4 fully saturated rings. The molecule has 0 spiro atoms. The third-order valence-electron chi connectivity index (χ3n) is 9.96. The lowest BCUT2D eigenvalue weighted by molar-refractivity contribution is -0.208. The van der Waals surface area contributed by atoms with Crippen LogP contribution in [0, 0.1) is 34.5 Å². The fourth-order valence-corrected chi connectivity index (χ4v) is 8.39. The molecule has 0 saturated heterocycles. The number of cyclic esters (lactones) is 1. The Bertz CT molecular complexity index is 686. The van der Waals surface area contributed by atoms with Crippen LogP contribution in [0.3, 0.4) is 0 Å². The fraction of sp³-hybridized carbons (Fsp3) is 0.870. The molecule has 4 saturated carbocycles. The van der Waals surface area contributed by atoms with Crippen molar-refractivity contribution in [1.29, 1.82) is 0 Å². The molecule has 0 radical (unpaired) electrons. The summed E-state index contributed by atoms with van der Waals surface area (Å²) in [5, 5.41) is 22.3. The zero-order chi connectivity index (χ0) is 19.0. The molecule has 0 aromatic carbocycles. The Morgan fingerprint density at radius 3 is 2.59 bits per heavy atom. The number of carbonyl (C=O) groups excluding carboxylic acids is 1. The second-order valence-electron chi connectivity index (χ2n) is 10.7. The number of aliphatic hydroxyl groups excluding tert-OH is 1. The molecule has 5 rings (SSSR count). The van der Waals surface area contributed by atoms with Crippen molar-refractivity contribution in [3.63, 3.8) is 0 Å². The average Bonchev–Trinajstić information content (AvgIpc) is 3.16. The molecule has 1 heterocycles. The molecule has 0 aromatic heterocycles. The van der Waals surface area contributed by atoms with Crippen LogP contribution in [0.1, 0.15) is 71.6 Å². The molecule has 5 aliphatic rings. The van der Waals surface area contributed by atoms with Gasteiger partial charge in [-0.15, -0.1) is 0 Å². The summed E-state index contributed by atoms with van der Waals surface area (Å²) in [6.07, 6.45) is 10.8. The van der Waals surface area contributed by atoms with E-state index in [1.165, 1.54) is 6.42 Å². The first-order chi connectivity index (χ1) is 12.8. The van der Waals surface area contributed by atoms with Crippen LogP contribution < -0.4 is 0 Å². The predicted octanol–water partition coefficient (Wildman–Crippen LogP) is 3.60. The van der Waals surface area contributed by atoms with E-state index in [1.807, 2.05) is 0 Å². The monoisotopic (exact) mass is 374 g/mol. The summed E-state index contributed by atoms with van der Waals surface area (Å²) in [4.78, 5) is 11.6. The van der Waals surface area contributed by atoms with Gasteiger partial charge in [0.2, 0.25) is 0 Å². The summed E-state index contributed by atoms with van der Waals surface area (Å²) in [6, 6.07) is 0. The van der Waals surface area contributed by atoms with Crippen LogP contribution in [0.15, 0.2) is 11.6 Å². The maximum atomic E-state index is 12.1. The van der Waals surface area contributed by atoms with Crippen LogP contribution in [0.4, 0.5) is 0 Å². The van der Waals surface area contributed by atoms with Gasteiger partial charge in [-0.2, -0.15) is 0 Å². The highest BCUT2D eigenvalue weighted by atomic mass is 16.5. The molecule has 4 aliphatic carbocycles. The molecule has 150 valence electrons. The van der Waals surface area contributed by atoms with E-state index in [2.05, 4.69) is 13.8 Å². The topological polar surface area (TPSA) is 66.8 Å². The van der Waals surface area contributed by atoms with Gasteiger partial charge < -0.3 is 14.9 Å². The smallest absolute Gasteiger partial charge is 0.331 e. The Hall–Kier alpha value is -0.870. The van der Waals surface area contributed by atoms with E-state index < -0.39 is 5.60 Å². The quantitative estimate of drug-likeness (QED) is 0.688. The van der Waals surface area contributed by atoms with E-state index in [1.54, 1.807) is 6.08 Å². The summed E-state index contributed by atoms with van der Waals surface area (Å²) in [5.41, 5.74) is 0.600. The van der Waals surface area contributed by atoms with E-state index in [-0.39, 0.29) is 28.8 Å². The molecule has 0 bridgehead atoms. The number of rotatable bonds is 1. The first-order valence-corrected chi connectivity index (χ1v) is 11.1. The Balaban J connectivity index is 1.47. The normalized spacial score (nSPS) is 54.6. The van der Waals surface area contributed by atoms with Gasteiger partial charge in [0.1, 0.15) is 6.61 Å². The Kier molecular flexibility index (Phi) is 3.92. The maximum absolute atomic E-state index is 12.1. The molecule has 4 nitrogen and oxygen atoms in total. The van der Waals surface area contributed by atoms with Crippen LogP contribution in [-0.2, 0) is 9.53 Å². The number of carbonyl (C=O) groups is 1. The summed E-state index contributed by atoms with van der Waals surface area (Å²) < 4.78 is 5.20. The van der Waals surface area contributed by atoms with Crippen LogP contribution in [0.5, 0.6) is 0 Å². The fourth-order valence-electron chi connectivity index (χ4n) is 8.39. The summed E-state index contributed by atoms with van der Waals surface area (Å²) in [6.45, 7) is 5.15. The van der Waals surface area contributed by atoms with Gasteiger partial charge in [0.05, 0.1) is 11.7 Å². The van der Waals surface area contributed by atoms with Gasteiger partial charge in [0.25, 0.3) is 0 Å². The highest BCUT2D eigenvalue weighted by Crippen LogP contribution is 2.69. The molecule has 0 aromatic rings. The van der Waals surface area contributed by atoms with E-state index in [0.29, 0.717) is 24.4 Å². The highest BCUT2D eigenvalue weighted by molar-refractivity contribution is 5.85.